The first-order valence-electron chi connectivity index (χ1n) is 5.02. The van der Waals surface area contributed by atoms with Gasteiger partial charge in [0.2, 0.25) is 5.88 Å². The van der Waals surface area contributed by atoms with Crippen molar-refractivity contribution in [3.8, 4) is 11.6 Å². The van der Waals surface area contributed by atoms with E-state index in [-0.39, 0.29) is 11.9 Å². The summed E-state index contributed by atoms with van der Waals surface area (Å²) in [5, 5.41) is 1.35. The minimum atomic E-state index is -4.90. The molecule has 0 unspecified atom stereocenters. The molecule has 0 saturated heterocycles. The molecule has 0 aliphatic carbocycles. The summed E-state index contributed by atoms with van der Waals surface area (Å²) in [7, 11) is 0. The van der Waals surface area contributed by atoms with Gasteiger partial charge < -0.3 is 4.74 Å². The lowest BCUT2D eigenvalue weighted by Crippen LogP contribution is -2.11. The maximum absolute atomic E-state index is 12.6. The van der Waals surface area contributed by atoms with Crippen LogP contribution in [0.25, 0.3) is 0 Å². The van der Waals surface area contributed by atoms with Gasteiger partial charge in [-0.25, -0.2) is 4.98 Å². The van der Waals surface area contributed by atoms with Crippen molar-refractivity contribution >= 4 is 11.3 Å². The van der Waals surface area contributed by atoms with Crippen molar-refractivity contribution in [1.29, 1.82) is 0 Å². The Morgan fingerprint density at radius 2 is 1.45 bits per heavy atom. The van der Waals surface area contributed by atoms with Crippen LogP contribution in [0.3, 0.4) is 0 Å². The van der Waals surface area contributed by atoms with E-state index in [0.717, 1.165) is 11.3 Å². The molecule has 0 fully saturated rings. The largest absolute Gasteiger partial charge is 0.438 e. The Morgan fingerprint density at radius 1 is 0.900 bits per heavy atom. The molecule has 0 bridgehead atoms. The number of nitrogens with zero attached hydrogens (tertiary/aromatic N) is 1. The standard InChI is InChI=1S/C11H5F6NOS/c12-10(13,14)6-1-7(11(15,16)17)3-8(2-6)19-9-4-20-5-18-9/h1-5H. The lowest BCUT2D eigenvalue weighted by molar-refractivity contribution is -0.143. The molecule has 2 nitrogen and oxygen atoms in total. The number of halogens is 6. The first-order valence-corrected chi connectivity index (χ1v) is 5.96. The normalized spacial score (nSPS) is 12.5. The summed E-state index contributed by atoms with van der Waals surface area (Å²) >= 11 is 1.10. The topological polar surface area (TPSA) is 22.1 Å². The SMILES string of the molecule is FC(F)(F)c1cc(Oc2cscn2)cc(C(F)(F)F)c1. The second kappa shape index (κ2) is 4.97. The van der Waals surface area contributed by atoms with Gasteiger partial charge in [-0.05, 0) is 18.2 Å². The molecule has 0 aliphatic rings. The lowest BCUT2D eigenvalue weighted by Gasteiger charge is -2.13. The number of aromatic nitrogens is 1. The van der Waals surface area contributed by atoms with Gasteiger partial charge in [0.25, 0.3) is 0 Å². The van der Waals surface area contributed by atoms with Gasteiger partial charge in [0.1, 0.15) is 5.75 Å². The molecule has 0 radical (unpaired) electrons. The molecule has 1 aromatic carbocycles. The molecule has 2 aromatic rings. The van der Waals surface area contributed by atoms with Crippen LogP contribution in [0.15, 0.2) is 29.1 Å². The zero-order valence-corrected chi connectivity index (χ0v) is 10.2. The summed E-state index contributed by atoms with van der Waals surface area (Å²) < 4.78 is 80.4. The van der Waals surface area contributed by atoms with E-state index in [0.29, 0.717) is 12.1 Å². The van der Waals surface area contributed by atoms with Crippen LogP contribution in [0, 0.1) is 0 Å². The Kier molecular flexibility index (Phi) is 3.63. The summed E-state index contributed by atoms with van der Waals surface area (Å²) in [5.74, 6) is -0.638. The van der Waals surface area contributed by atoms with Gasteiger partial charge in [-0.15, -0.1) is 11.3 Å². The van der Waals surface area contributed by atoms with E-state index in [1.165, 1.54) is 10.9 Å². The Labute approximate surface area is 112 Å². The highest BCUT2D eigenvalue weighted by molar-refractivity contribution is 7.07. The van der Waals surface area contributed by atoms with Gasteiger partial charge in [0.15, 0.2) is 0 Å². The average Bonchev–Trinajstić information content (AvgIpc) is 2.79. The fourth-order valence-electron chi connectivity index (χ4n) is 1.36. The van der Waals surface area contributed by atoms with Crippen molar-refractivity contribution in [3.63, 3.8) is 0 Å². The van der Waals surface area contributed by atoms with E-state index in [1.807, 2.05) is 0 Å². The minimum Gasteiger partial charge on any atom is -0.438 e. The molecular weight excluding hydrogens is 308 g/mol. The predicted octanol–water partition coefficient (Wildman–Crippen LogP) is 4.97. The number of alkyl halides is 6. The minimum absolute atomic E-state index is 0.0356. The molecule has 1 aromatic heterocycles. The van der Waals surface area contributed by atoms with Crippen LogP contribution in [-0.2, 0) is 12.4 Å². The third-order valence-corrected chi connectivity index (χ3v) is 2.76. The molecule has 0 spiro atoms. The Hall–Kier alpha value is -1.77. The van der Waals surface area contributed by atoms with Gasteiger partial charge in [-0.1, -0.05) is 0 Å². The number of ether oxygens (including phenoxy) is 1. The molecule has 0 aliphatic heterocycles. The number of benzene rings is 1. The van der Waals surface area contributed by atoms with E-state index >= 15 is 0 Å². The number of rotatable bonds is 2. The van der Waals surface area contributed by atoms with E-state index in [4.69, 9.17) is 4.74 Å². The van der Waals surface area contributed by atoms with Crippen LogP contribution in [0.1, 0.15) is 11.1 Å². The van der Waals surface area contributed by atoms with Gasteiger partial charge >= 0.3 is 12.4 Å². The monoisotopic (exact) mass is 313 g/mol. The summed E-state index contributed by atoms with van der Waals surface area (Å²) in [5.41, 5.74) is -1.52. The Bertz CT molecular complexity index is 558. The highest BCUT2D eigenvalue weighted by atomic mass is 32.1. The van der Waals surface area contributed by atoms with Gasteiger partial charge in [0, 0.05) is 0 Å². The molecule has 1 heterocycles. The maximum atomic E-state index is 12.6. The smallest absolute Gasteiger partial charge is 0.416 e. The fraction of sp³-hybridized carbons (Fsp3) is 0.182. The third kappa shape index (κ3) is 3.41. The number of thiazole rings is 1. The molecule has 0 amide bonds. The highest BCUT2D eigenvalue weighted by Crippen LogP contribution is 2.39. The third-order valence-electron chi connectivity index (χ3n) is 2.19. The number of hydrogen-bond donors (Lipinski definition) is 0. The Balaban J connectivity index is 2.46. The first-order chi connectivity index (χ1) is 9.16. The first kappa shape index (κ1) is 14.6. The van der Waals surface area contributed by atoms with Gasteiger partial charge in [-0.3, -0.25) is 0 Å². The Morgan fingerprint density at radius 3 is 1.85 bits per heavy atom. The van der Waals surface area contributed by atoms with E-state index in [2.05, 4.69) is 4.98 Å². The lowest BCUT2D eigenvalue weighted by atomic mass is 10.1. The summed E-state index contributed by atoms with van der Waals surface area (Å²) in [6.45, 7) is 0. The molecule has 0 saturated carbocycles. The van der Waals surface area contributed by atoms with Crippen molar-refractivity contribution in [2.75, 3.05) is 0 Å². The van der Waals surface area contributed by atoms with Gasteiger partial charge in [-0.2, -0.15) is 26.3 Å². The van der Waals surface area contributed by atoms with Crippen LogP contribution in [-0.4, -0.2) is 4.98 Å². The van der Waals surface area contributed by atoms with Crippen LogP contribution >= 0.6 is 11.3 Å². The molecule has 20 heavy (non-hydrogen) atoms. The molecular formula is C11H5F6NOS. The van der Waals surface area contributed by atoms with Crippen molar-refractivity contribution in [3.05, 3.63) is 40.2 Å². The molecule has 9 heteroatoms. The van der Waals surface area contributed by atoms with Crippen molar-refractivity contribution in [2.24, 2.45) is 0 Å². The highest BCUT2D eigenvalue weighted by Gasteiger charge is 2.37. The van der Waals surface area contributed by atoms with Crippen molar-refractivity contribution < 1.29 is 31.1 Å². The van der Waals surface area contributed by atoms with Gasteiger partial charge in [0.05, 0.1) is 22.0 Å². The summed E-state index contributed by atoms with van der Waals surface area (Å²) in [4.78, 5) is 3.63. The van der Waals surface area contributed by atoms with E-state index in [9.17, 15) is 26.3 Å². The molecule has 0 N–H and O–H groups in total. The van der Waals surface area contributed by atoms with Crippen molar-refractivity contribution in [1.82, 2.24) is 4.98 Å². The van der Waals surface area contributed by atoms with E-state index < -0.39 is 29.2 Å². The molecule has 0 atom stereocenters. The van der Waals surface area contributed by atoms with Crippen molar-refractivity contribution in [2.45, 2.75) is 12.4 Å². The maximum Gasteiger partial charge on any atom is 0.416 e. The predicted molar refractivity (Wildman–Crippen MR) is 58.6 cm³/mol. The zero-order chi connectivity index (χ0) is 15.0. The summed E-state index contributed by atoms with van der Waals surface area (Å²) in [6, 6.07) is 1.02. The van der Waals surface area contributed by atoms with Crippen LogP contribution in [0.5, 0.6) is 11.6 Å². The zero-order valence-electron chi connectivity index (χ0n) is 9.42. The molecule has 108 valence electrons. The average molecular weight is 313 g/mol. The summed E-state index contributed by atoms with van der Waals surface area (Å²) in [6.07, 6.45) is -9.80. The fourth-order valence-corrected chi connectivity index (χ4v) is 1.81. The second-order valence-corrected chi connectivity index (χ2v) is 4.39. The quantitative estimate of drug-likeness (QED) is 0.730. The van der Waals surface area contributed by atoms with Crippen LogP contribution < -0.4 is 4.74 Å². The van der Waals surface area contributed by atoms with Crippen LogP contribution in [0.2, 0.25) is 0 Å². The van der Waals surface area contributed by atoms with E-state index in [1.54, 1.807) is 0 Å². The number of hydrogen-bond acceptors (Lipinski definition) is 3. The second-order valence-electron chi connectivity index (χ2n) is 3.67. The van der Waals surface area contributed by atoms with Crippen LogP contribution in [0.4, 0.5) is 26.3 Å². The molecule has 2 rings (SSSR count).